The van der Waals surface area contributed by atoms with Crippen LogP contribution in [-0.2, 0) is 29.0 Å². The van der Waals surface area contributed by atoms with Crippen molar-refractivity contribution in [2.24, 2.45) is 10.7 Å². The summed E-state index contributed by atoms with van der Waals surface area (Å²) in [4.78, 5) is 29.5. The molecular formula is C20H25N3O4. The molecule has 0 amide bonds. The van der Waals surface area contributed by atoms with Crippen molar-refractivity contribution in [3.05, 3.63) is 58.9 Å². The van der Waals surface area contributed by atoms with Crippen molar-refractivity contribution in [1.82, 2.24) is 4.98 Å². The van der Waals surface area contributed by atoms with Crippen LogP contribution < -0.4 is 5.73 Å². The predicted molar refractivity (Wildman–Crippen MR) is 103 cm³/mol. The van der Waals surface area contributed by atoms with Gasteiger partial charge in [-0.2, -0.15) is 0 Å². The molecule has 0 aliphatic heterocycles. The van der Waals surface area contributed by atoms with E-state index in [1.54, 1.807) is 6.20 Å². The normalized spacial score (nSPS) is 12.7. The molecule has 1 atom stereocenters. The Morgan fingerprint density at radius 1 is 1.19 bits per heavy atom. The second-order valence-electron chi connectivity index (χ2n) is 6.35. The molecule has 5 N–H and O–H groups in total. The van der Waals surface area contributed by atoms with Crippen LogP contribution in [0.25, 0.3) is 0 Å². The zero-order valence-electron chi connectivity index (χ0n) is 15.3. The van der Waals surface area contributed by atoms with Crippen LogP contribution in [-0.4, -0.2) is 33.0 Å². The van der Waals surface area contributed by atoms with E-state index in [2.05, 4.69) is 9.98 Å². The van der Waals surface area contributed by atoms with Crippen LogP contribution in [0.1, 0.15) is 48.1 Å². The van der Waals surface area contributed by atoms with Crippen molar-refractivity contribution < 1.29 is 19.8 Å². The highest BCUT2D eigenvalue weighted by Crippen LogP contribution is 2.21. The molecule has 7 nitrogen and oxygen atoms in total. The molecule has 27 heavy (non-hydrogen) atoms. The van der Waals surface area contributed by atoms with Gasteiger partial charge in [0.25, 0.3) is 0 Å². The molecule has 0 saturated heterocycles. The lowest BCUT2D eigenvalue weighted by Crippen LogP contribution is -2.22. The van der Waals surface area contributed by atoms with Gasteiger partial charge in [-0.1, -0.05) is 37.3 Å². The number of aliphatic imine (C=N–C) groups is 1. The number of aromatic nitrogens is 1. The van der Waals surface area contributed by atoms with Crippen molar-refractivity contribution in [2.45, 2.75) is 45.1 Å². The van der Waals surface area contributed by atoms with E-state index in [0.29, 0.717) is 22.7 Å². The van der Waals surface area contributed by atoms with E-state index in [0.717, 1.165) is 12.0 Å². The number of amidine groups is 1. The van der Waals surface area contributed by atoms with E-state index in [9.17, 15) is 14.7 Å². The molecular weight excluding hydrogens is 346 g/mol. The summed E-state index contributed by atoms with van der Waals surface area (Å²) >= 11 is 0. The maximum Gasteiger partial charge on any atom is 0.307 e. The molecule has 1 aromatic carbocycles. The Bertz CT molecular complexity index is 812. The number of H-pyrrole nitrogens is 1. The number of rotatable bonds is 10. The van der Waals surface area contributed by atoms with Crippen LogP contribution in [0.2, 0.25) is 0 Å². The second kappa shape index (κ2) is 9.56. The van der Waals surface area contributed by atoms with Crippen LogP contribution in [0.15, 0.2) is 41.5 Å². The van der Waals surface area contributed by atoms with Crippen molar-refractivity contribution in [3.63, 3.8) is 0 Å². The van der Waals surface area contributed by atoms with Gasteiger partial charge in [0, 0.05) is 24.2 Å². The zero-order valence-corrected chi connectivity index (χ0v) is 15.3. The smallest absolute Gasteiger partial charge is 0.307 e. The fraction of sp³-hybridized carbons (Fsp3) is 0.350. The Kier molecular flexibility index (Phi) is 7.16. The lowest BCUT2D eigenvalue weighted by molar-refractivity contribution is -0.137. The molecule has 2 aromatic rings. The van der Waals surface area contributed by atoms with E-state index < -0.39 is 11.9 Å². The van der Waals surface area contributed by atoms with Gasteiger partial charge in [0.1, 0.15) is 5.84 Å². The van der Waals surface area contributed by atoms with Crippen LogP contribution in [0.5, 0.6) is 0 Å². The number of nitrogens with one attached hydrogen (secondary N) is 1. The number of aromatic amines is 1. The number of aliphatic carboxylic acids is 2. The number of benzene rings is 1. The largest absolute Gasteiger partial charge is 0.481 e. The first kappa shape index (κ1) is 20.2. The summed E-state index contributed by atoms with van der Waals surface area (Å²) in [5.74, 6) is -1.41. The second-order valence-corrected chi connectivity index (χ2v) is 6.35. The summed E-state index contributed by atoms with van der Waals surface area (Å²) in [5, 5.41) is 18.0. The molecule has 0 bridgehead atoms. The Hall–Kier alpha value is -3.09. The minimum absolute atomic E-state index is 0.00410. The molecule has 1 aromatic heterocycles. The standard InChI is InChI=1S/C20H25N3O4/c1-2-15(13-6-4-3-5-7-13)20(21)23-12-17-16(10-19(26)27)14(11-22-17)8-9-18(24)25/h3-7,11,15,22H,2,8-10,12H2,1H3,(H2,21,23)(H,24,25)(H,26,27)/t15-/m1/s1. The number of hydrogen-bond donors (Lipinski definition) is 4. The lowest BCUT2D eigenvalue weighted by atomic mass is 9.95. The molecule has 1 heterocycles. The Morgan fingerprint density at radius 3 is 2.48 bits per heavy atom. The Balaban J connectivity index is 2.20. The monoisotopic (exact) mass is 371 g/mol. The summed E-state index contributed by atoms with van der Waals surface area (Å²) in [5.41, 5.74) is 9.23. The molecule has 7 heteroatoms. The quantitative estimate of drug-likeness (QED) is 0.377. The highest BCUT2D eigenvalue weighted by atomic mass is 16.4. The van der Waals surface area contributed by atoms with Gasteiger partial charge in [-0.15, -0.1) is 0 Å². The van der Waals surface area contributed by atoms with Gasteiger partial charge in [0.2, 0.25) is 0 Å². The first-order valence-corrected chi connectivity index (χ1v) is 8.88. The summed E-state index contributed by atoms with van der Waals surface area (Å²) in [6, 6.07) is 9.86. The van der Waals surface area contributed by atoms with Crippen molar-refractivity contribution >= 4 is 17.8 Å². The van der Waals surface area contributed by atoms with Gasteiger partial charge in [-0.25, -0.2) is 0 Å². The molecule has 0 unspecified atom stereocenters. The van der Waals surface area contributed by atoms with Gasteiger partial charge in [-0.3, -0.25) is 14.6 Å². The molecule has 0 aliphatic carbocycles. The van der Waals surface area contributed by atoms with E-state index >= 15 is 0 Å². The third-order valence-electron chi connectivity index (χ3n) is 4.50. The number of nitrogens with two attached hydrogens (primary N) is 1. The minimum atomic E-state index is -0.972. The molecule has 2 rings (SSSR count). The average Bonchev–Trinajstić information content (AvgIpc) is 3.00. The van der Waals surface area contributed by atoms with Crippen molar-refractivity contribution in [1.29, 1.82) is 0 Å². The molecule has 0 aliphatic rings. The summed E-state index contributed by atoms with van der Waals surface area (Å²) < 4.78 is 0. The maximum atomic E-state index is 11.2. The summed E-state index contributed by atoms with van der Waals surface area (Å²) in [6.45, 7) is 2.26. The van der Waals surface area contributed by atoms with Gasteiger partial charge in [-0.05, 0) is 29.5 Å². The predicted octanol–water partition coefficient (Wildman–Crippen LogP) is 2.71. The SMILES string of the molecule is CC[C@@H](C(N)=NCc1[nH]cc(CCC(=O)O)c1CC(=O)O)c1ccccc1. The van der Waals surface area contributed by atoms with Crippen LogP contribution in [0.4, 0.5) is 0 Å². The fourth-order valence-corrected chi connectivity index (χ4v) is 3.10. The van der Waals surface area contributed by atoms with Crippen LogP contribution in [0, 0.1) is 0 Å². The third-order valence-corrected chi connectivity index (χ3v) is 4.50. The first-order chi connectivity index (χ1) is 12.9. The van der Waals surface area contributed by atoms with Gasteiger partial charge in [0.05, 0.1) is 13.0 Å². The minimum Gasteiger partial charge on any atom is -0.481 e. The van der Waals surface area contributed by atoms with Crippen molar-refractivity contribution in [3.8, 4) is 0 Å². The summed E-state index contributed by atoms with van der Waals surface area (Å²) in [6.07, 6.45) is 2.50. The molecule has 0 saturated carbocycles. The number of carboxylic acids is 2. The highest BCUT2D eigenvalue weighted by Gasteiger charge is 2.17. The average molecular weight is 371 g/mol. The number of nitrogens with zero attached hydrogens (tertiary/aromatic N) is 1. The number of hydrogen-bond acceptors (Lipinski definition) is 3. The van der Waals surface area contributed by atoms with E-state index in [1.807, 2.05) is 37.3 Å². The number of aryl methyl sites for hydroxylation is 1. The van der Waals surface area contributed by atoms with Gasteiger partial charge < -0.3 is 20.9 Å². The molecule has 0 spiro atoms. The van der Waals surface area contributed by atoms with E-state index in [4.69, 9.17) is 10.8 Å². The Labute approximate surface area is 157 Å². The number of carboxylic acid groups (broad SMARTS) is 2. The van der Waals surface area contributed by atoms with Gasteiger partial charge in [0.15, 0.2) is 0 Å². The van der Waals surface area contributed by atoms with E-state index in [-0.39, 0.29) is 31.7 Å². The topological polar surface area (TPSA) is 129 Å². The summed E-state index contributed by atoms with van der Waals surface area (Å²) in [7, 11) is 0. The third kappa shape index (κ3) is 5.70. The first-order valence-electron chi connectivity index (χ1n) is 8.88. The van der Waals surface area contributed by atoms with Crippen LogP contribution >= 0.6 is 0 Å². The molecule has 144 valence electrons. The van der Waals surface area contributed by atoms with E-state index in [1.165, 1.54) is 0 Å². The van der Waals surface area contributed by atoms with Gasteiger partial charge >= 0.3 is 11.9 Å². The van der Waals surface area contributed by atoms with Crippen molar-refractivity contribution in [2.75, 3.05) is 0 Å². The lowest BCUT2D eigenvalue weighted by Gasteiger charge is -2.15. The number of carbonyl (C=O) groups is 2. The fourth-order valence-electron chi connectivity index (χ4n) is 3.10. The zero-order chi connectivity index (χ0) is 19.8. The molecule has 0 radical (unpaired) electrons. The Morgan fingerprint density at radius 2 is 1.89 bits per heavy atom. The van der Waals surface area contributed by atoms with Crippen LogP contribution in [0.3, 0.4) is 0 Å². The maximum absolute atomic E-state index is 11.2. The molecule has 0 fully saturated rings. The highest BCUT2D eigenvalue weighted by molar-refractivity contribution is 5.87.